The van der Waals surface area contributed by atoms with Crippen LogP contribution >= 0.6 is 0 Å². The zero-order valence-corrected chi connectivity index (χ0v) is 6.89. The predicted molar refractivity (Wildman–Crippen MR) is 43.0 cm³/mol. The van der Waals surface area contributed by atoms with Gasteiger partial charge in [0.2, 0.25) is 0 Å². The van der Waals surface area contributed by atoms with Gasteiger partial charge in [0, 0.05) is 0 Å². The predicted octanol–water partition coefficient (Wildman–Crippen LogP) is 2.52. The maximum atomic E-state index is 5.61. The highest BCUT2D eigenvalue weighted by Gasteiger charge is 2.23. The van der Waals surface area contributed by atoms with Crippen LogP contribution in [0.3, 0.4) is 0 Å². The van der Waals surface area contributed by atoms with Crippen LogP contribution in [0.2, 0.25) is 0 Å². The summed E-state index contributed by atoms with van der Waals surface area (Å²) in [6, 6.07) is 0. The van der Waals surface area contributed by atoms with Crippen LogP contribution < -0.4 is 0 Å². The van der Waals surface area contributed by atoms with E-state index in [0.717, 1.165) is 6.42 Å². The van der Waals surface area contributed by atoms with E-state index >= 15 is 0 Å². The molecular weight excluding hydrogens is 124 g/mol. The molecule has 1 rings (SSSR count). The molecule has 0 aromatic carbocycles. The zero-order chi connectivity index (χ0) is 7.56. The summed E-state index contributed by atoms with van der Waals surface area (Å²) in [7, 11) is 0. The van der Waals surface area contributed by atoms with E-state index in [-0.39, 0.29) is 0 Å². The van der Waals surface area contributed by atoms with Gasteiger partial charge in [-0.2, -0.15) is 0 Å². The third-order valence-electron chi connectivity index (χ3n) is 2.07. The largest absolute Gasteiger partial charge is 0.371 e. The molecule has 0 bridgehead atoms. The Balaban J connectivity index is 2.34. The number of rotatable bonds is 2. The van der Waals surface area contributed by atoms with E-state index in [1.54, 1.807) is 0 Å². The Hall–Kier alpha value is -0.300. The van der Waals surface area contributed by atoms with Gasteiger partial charge < -0.3 is 4.74 Å². The molecule has 1 saturated heterocycles. The van der Waals surface area contributed by atoms with Crippen LogP contribution in [0.4, 0.5) is 0 Å². The number of hydrogen-bond donors (Lipinski definition) is 0. The lowest BCUT2D eigenvalue weighted by Gasteiger charge is -2.07. The smallest absolute Gasteiger partial charge is 0.0759 e. The maximum Gasteiger partial charge on any atom is 0.0759 e. The second kappa shape index (κ2) is 3.20. The normalized spacial score (nSPS) is 33.2. The molecule has 1 aliphatic heterocycles. The van der Waals surface area contributed by atoms with Crippen LogP contribution in [0.25, 0.3) is 0 Å². The van der Waals surface area contributed by atoms with Gasteiger partial charge in [-0.25, -0.2) is 0 Å². The first-order chi connectivity index (χ1) is 4.74. The van der Waals surface area contributed by atoms with Gasteiger partial charge in [0.1, 0.15) is 0 Å². The molecule has 0 spiro atoms. The van der Waals surface area contributed by atoms with Gasteiger partial charge in [0.25, 0.3) is 0 Å². The van der Waals surface area contributed by atoms with E-state index in [1.807, 2.05) is 0 Å². The van der Waals surface area contributed by atoms with Crippen LogP contribution in [0, 0.1) is 0 Å². The van der Waals surface area contributed by atoms with E-state index in [0.29, 0.717) is 12.2 Å². The Labute approximate surface area is 63.1 Å². The molecule has 0 aliphatic carbocycles. The molecular formula is C9H16O. The van der Waals surface area contributed by atoms with Gasteiger partial charge in [-0.05, 0) is 25.3 Å². The van der Waals surface area contributed by atoms with Gasteiger partial charge in [0.15, 0.2) is 0 Å². The Morgan fingerprint density at radius 3 is 2.80 bits per heavy atom. The van der Waals surface area contributed by atoms with Gasteiger partial charge >= 0.3 is 0 Å². The molecule has 0 aromatic heterocycles. The number of hydrogen-bond acceptors (Lipinski definition) is 1. The summed E-state index contributed by atoms with van der Waals surface area (Å²) in [4.78, 5) is 0. The van der Waals surface area contributed by atoms with E-state index in [9.17, 15) is 0 Å². The van der Waals surface area contributed by atoms with Crippen molar-refractivity contribution in [1.29, 1.82) is 0 Å². The van der Waals surface area contributed by atoms with Crippen molar-refractivity contribution in [1.82, 2.24) is 0 Å². The monoisotopic (exact) mass is 140 g/mol. The Morgan fingerprint density at radius 2 is 2.40 bits per heavy atom. The summed E-state index contributed by atoms with van der Waals surface area (Å²) < 4.78 is 5.61. The second-order valence-corrected chi connectivity index (χ2v) is 3.05. The van der Waals surface area contributed by atoms with Crippen LogP contribution in [0.5, 0.6) is 0 Å². The summed E-state index contributed by atoms with van der Waals surface area (Å²) in [5.41, 5.74) is 1.26. The maximum absolute atomic E-state index is 5.61. The topological polar surface area (TPSA) is 9.23 Å². The first kappa shape index (κ1) is 7.80. The summed E-state index contributed by atoms with van der Waals surface area (Å²) in [5.74, 6) is 0. The van der Waals surface area contributed by atoms with Crippen molar-refractivity contribution in [2.24, 2.45) is 0 Å². The SMILES string of the molecule is C=C1C[C@H](CCC)O[C@H]1C. The third kappa shape index (κ3) is 1.60. The fraction of sp³-hybridized carbons (Fsp3) is 0.778. The molecule has 0 amide bonds. The molecule has 2 atom stereocenters. The van der Waals surface area contributed by atoms with Crippen molar-refractivity contribution < 1.29 is 4.74 Å². The zero-order valence-electron chi connectivity index (χ0n) is 6.89. The van der Waals surface area contributed by atoms with Gasteiger partial charge in [-0.15, -0.1) is 0 Å². The van der Waals surface area contributed by atoms with E-state index in [1.165, 1.54) is 18.4 Å². The molecule has 1 heteroatoms. The van der Waals surface area contributed by atoms with Gasteiger partial charge in [-0.1, -0.05) is 19.9 Å². The number of ether oxygens (including phenoxy) is 1. The molecule has 10 heavy (non-hydrogen) atoms. The highest BCUT2D eigenvalue weighted by molar-refractivity contribution is 5.07. The minimum absolute atomic E-state index is 0.302. The van der Waals surface area contributed by atoms with Crippen LogP contribution in [-0.4, -0.2) is 12.2 Å². The van der Waals surface area contributed by atoms with Crippen molar-refractivity contribution in [3.63, 3.8) is 0 Å². The molecule has 1 heterocycles. The van der Waals surface area contributed by atoms with Crippen molar-refractivity contribution in [2.45, 2.75) is 45.3 Å². The summed E-state index contributed by atoms with van der Waals surface area (Å²) in [5, 5.41) is 0. The minimum atomic E-state index is 0.302. The molecule has 0 unspecified atom stereocenters. The summed E-state index contributed by atoms with van der Waals surface area (Å²) in [6.07, 6.45) is 4.24. The molecule has 1 aliphatic rings. The molecule has 1 nitrogen and oxygen atoms in total. The molecule has 0 saturated carbocycles. The molecule has 0 N–H and O–H groups in total. The van der Waals surface area contributed by atoms with Crippen LogP contribution in [0.15, 0.2) is 12.2 Å². The first-order valence-electron chi connectivity index (χ1n) is 4.07. The molecule has 58 valence electrons. The highest BCUT2D eigenvalue weighted by atomic mass is 16.5. The Bertz CT molecular complexity index is 129. The third-order valence-corrected chi connectivity index (χ3v) is 2.07. The lowest BCUT2D eigenvalue weighted by molar-refractivity contribution is 0.0567. The Morgan fingerprint density at radius 1 is 1.70 bits per heavy atom. The molecule has 1 fully saturated rings. The van der Waals surface area contributed by atoms with Gasteiger partial charge in [-0.3, -0.25) is 0 Å². The highest BCUT2D eigenvalue weighted by Crippen LogP contribution is 2.26. The second-order valence-electron chi connectivity index (χ2n) is 3.05. The van der Waals surface area contributed by atoms with Gasteiger partial charge in [0.05, 0.1) is 12.2 Å². The minimum Gasteiger partial charge on any atom is -0.371 e. The van der Waals surface area contributed by atoms with Crippen molar-refractivity contribution >= 4 is 0 Å². The van der Waals surface area contributed by atoms with E-state index in [4.69, 9.17) is 4.74 Å². The fourth-order valence-corrected chi connectivity index (χ4v) is 1.38. The van der Waals surface area contributed by atoms with E-state index < -0.39 is 0 Å². The first-order valence-corrected chi connectivity index (χ1v) is 4.07. The average molecular weight is 140 g/mol. The lowest BCUT2D eigenvalue weighted by Crippen LogP contribution is -2.06. The average Bonchev–Trinajstić information content (AvgIpc) is 2.14. The summed E-state index contributed by atoms with van der Waals surface area (Å²) in [6.45, 7) is 8.21. The quantitative estimate of drug-likeness (QED) is 0.535. The Kier molecular flexibility index (Phi) is 2.50. The lowest BCUT2D eigenvalue weighted by atomic mass is 10.1. The van der Waals surface area contributed by atoms with Crippen molar-refractivity contribution in [3.8, 4) is 0 Å². The molecule has 0 radical (unpaired) electrons. The summed E-state index contributed by atoms with van der Waals surface area (Å²) >= 11 is 0. The fourth-order valence-electron chi connectivity index (χ4n) is 1.38. The van der Waals surface area contributed by atoms with Crippen LogP contribution in [0.1, 0.15) is 33.1 Å². The van der Waals surface area contributed by atoms with E-state index in [2.05, 4.69) is 20.4 Å². The molecule has 0 aromatic rings. The van der Waals surface area contributed by atoms with Crippen molar-refractivity contribution in [2.75, 3.05) is 0 Å². The van der Waals surface area contributed by atoms with Crippen molar-refractivity contribution in [3.05, 3.63) is 12.2 Å². The van der Waals surface area contributed by atoms with Crippen LogP contribution in [-0.2, 0) is 4.74 Å². The standard InChI is InChI=1S/C9H16O/c1-4-5-9-6-7(2)8(3)10-9/h8-9H,2,4-6H2,1,3H3/t8-,9-/m0/s1.